The van der Waals surface area contributed by atoms with Crippen LogP contribution >= 0.6 is 15.9 Å². The van der Waals surface area contributed by atoms with Gasteiger partial charge in [-0.2, -0.15) is 0 Å². The van der Waals surface area contributed by atoms with Gasteiger partial charge in [0, 0.05) is 38.4 Å². The Bertz CT molecular complexity index is 376. The number of benzene rings is 1. The monoisotopic (exact) mass is 359 g/mol. The first-order chi connectivity index (χ1) is 10.3. The number of nitrogens with one attached hydrogen (secondary N) is 1. The van der Waals surface area contributed by atoms with Crippen molar-refractivity contribution in [3.05, 3.63) is 34.3 Å². The van der Waals surface area contributed by atoms with Crippen LogP contribution in [0.1, 0.15) is 17.9 Å². The zero-order valence-corrected chi connectivity index (χ0v) is 14.5. The minimum absolute atomic E-state index is 0.417. The molecule has 4 nitrogen and oxygen atoms in total. The Morgan fingerprint density at radius 3 is 2.52 bits per heavy atom. The normalized spacial score (nSPS) is 12.5. The van der Waals surface area contributed by atoms with E-state index >= 15 is 0 Å². The number of hydrogen-bond acceptors (Lipinski definition) is 4. The van der Waals surface area contributed by atoms with Gasteiger partial charge in [0.2, 0.25) is 0 Å². The lowest BCUT2D eigenvalue weighted by Crippen LogP contribution is -2.26. The molecule has 1 atom stereocenters. The van der Waals surface area contributed by atoms with Gasteiger partial charge in [0.25, 0.3) is 0 Å². The van der Waals surface area contributed by atoms with Gasteiger partial charge < -0.3 is 19.5 Å². The van der Waals surface area contributed by atoms with E-state index in [2.05, 4.69) is 39.4 Å². The zero-order valence-electron chi connectivity index (χ0n) is 12.9. The Kier molecular flexibility index (Phi) is 10.7. The van der Waals surface area contributed by atoms with Crippen LogP contribution in [0.4, 0.5) is 0 Å². The third kappa shape index (κ3) is 7.93. The lowest BCUT2D eigenvalue weighted by atomic mass is 9.96. The third-order valence-electron chi connectivity index (χ3n) is 3.26. The van der Waals surface area contributed by atoms with E-state index in [4.69, 9.17) is 14.2 Å². The van der Waals surface area contributed by atoms with Crippen LogP contribution in [-0.2, 0) is 14.2 Å². The first kappa shape index (κ1) is 18.6. The first-order valence-corrected chi connectivity index (χ1v) is 8.09. The largest absolute Gasteiger partial charge is 0.383 e. The minimum atomic E-state index is 0.417. The van der Waals surface area contributed by atoms with Crippen LogP contribution < -0.4 is 5.32 Å². The van der Waals surface area contributed by atoms with Crippen LogP contribution in [0.15, 0.2) is 28.7 Å². The number of hydrogen-bond donors (Lipinski definition) is 1. The molecule has 0 aliphatic rings. The fourth-order valence-corrected chi connectivity index (χ4v) is 2.70. The van der Waals surface area contributed by atoms with Crippen LogP contribution in [0.2, 0.25) is 0 Å². The van der Waals surface area contributed by atoms with Crippen molar-refractivity contribution in [3.63, 3.8) is 0 Å². The van der Waals surface area contributed by atoms with E-state index in [-0.39, 0.29) is 0 Å². The number of ether oxygens (including phenoxy) is 3. The number of rotatable bonds is 12. The Labute approximate surface area is 136 Å². The van der Waals surface area contributed by atoms with Crippen molar-refractivity contribution in [2.45, 2.75) is 12.3 Å². The first-order valence-electron chi connectivity index (χ1n) is 7.30. The van der Waals surface area contributed by atoms with E-state index in [1.165, 1.54) is 5.56 Å². The molecule has 21 heavy (non-hydrogen) atoms. The predicted octanol–water partition coefficient (Wildman–Crippen LogP) is 2.82. The molecule has 1 unspecified atom stereocenters. The molecule has 0 saturated heterocycles. The standard InChI is InChI=1S/C16H26BrNO3/c1-19-10-8-18-13-14(7-9-21-12-11-20-2)15-5-3-4-6-16(15)17/h3-6,14,18H,7-13H2,1-2H3. The van der Waals surface area contributed by atoms with Gasteiger partial charge in [0.1, 0.15) is 0 Å². The van der Waals surface area contributed by atoms with E-state index in [0.29, 0.717) is 19.1 Å². The second-order valence-corrected chi connectivity index (χ2v) is 5.66. The second-order valence-electron chi connectivity index (χ2n) is 4.81. The molecule has 0 radical (unpaired) electrons. The lowest BCUT2D eigenvalue weighted by molar-refractivity contribution is 0.0669. The molecule has 0 amide bonds. The van der Waals surface area contributed by atoms with Gasteiger partial charge >= 0.3 is 0 Å². The van der Waals surface area contributed by atoms with Crippen molar-refractivity contribution in [1.82, 2.24) is 5.32 Å². The molecule has 0 heterocycles. The number of methoxy groups -OCH3 is 2. The summed E-state index contributed by atoms with van der Waals surface area (Å²) in [7, 11) is 3.41. The summed E-state index contributed by atoms with van der Waals surface area (Å²) >= 11 is 3.64. The summed E-state index contributed by atoms with van der Waals surface area (Å²) in [6.07, 6.45) is 0.978. The molecule has 0 spiro atoms. The highest BCUT2D eigenvalue weighted by atomic mass is 79.9. The summed E-state index contributed by atoms with van der Waals surface area (Å²) in [6.45, 7) is 4.54. The predicted molar refractivity (Wildman–Crippen MR) is 88.9 cm³/mol. The summed E-state index contributed by atoms with van der Waals surface area (Å²) in [5.41, 5.74) is 1.32. The van der Waals surface area contributed by atoms with Crippen molar-refractivity contribution in [1.29, 1.82) is 0 Å². The Morgan fingerprint density at radius 1 is 1.05 bits per heavy atom. The van der Waals surface area contributed by atoms with Gasteiger partial charge in [-0.15, -0.1) is 0 Å². The van der Waals surface area contributed by atoms with E-state index in [0.717, 1.165) is 37.2 Å². The Morgan fingerprint density at radius 2 is 1.81 bits per heavy atom. The van der Waals surface area contributed by atoms with Crippen molar-refractivity contribution in [2.24, 2.45) is 0 Å². The maximum absolute atomic E-state index is 5.60. The highest BCUT2D eigenvalue weighted by Crippen LogP contribution is 2.26. The van der Waals surface area contributed by atoms with E-state index < -0.39 is 0 Å². The highest BCUT2D eigenvalue weighted by Gasteiger charge is 2.14. The number of halogens is 1. The average molecular weight is 360 g/mol. The zero-order chi connectivity index (χ0) is 15.3. The van der Waals surface area contributed by atoms with E-state index in [9.17, 15) is 0 Å². The SMILES string of the molecule is COCCNCC(CCOCCOC)c1ccccc1Br. The molecule has 0 aliphatic heterocycles. The van der Waals surface area contributed by atoms with Crippen molar-refractivity contribution in [3.8, 4) is 0 Å². The molecule has 0 saturated carbocycles. The fourth-order valence-electron chi connectivity index (χ4n) is 2.09. The van der Waals surface area contributed by atoms with Gasteiger partial charge in [0.15, 0.2) is 0 Å². The summed E-state index contributed by atoms with van der Waals surface area (Å²) in [6, 6.07) is 8.37. The maximum Gasteiger partial charge on any atom is 0.0700 e. The molecule has 0 fully saturated rings. The molecule has 0 bridgehead atoms. The summed E-state index contributed by atoms with van der Waals surface area (Å²) in [5.74, 6) is 0.417. The van der Waals surface area contributed by atoms with Crippen molar-refractivity contribution in [2.75, 3.05) is 53.7 Å². The van der Waals surface area contributed by atoms with Crippen LogP contribution in [-0.4, -0.2) is 53.7 Å². The van der Waals surface area contributed by atoms with Crippen LogP contribution in [0.5, 0.6) is 0 Å². The summed E-state index contributed by atoms with van der Waals surface area (Å²) in [5, 5.41) is 3.44. The van der Waals surface area contributed by atoms with Gasteiger partial charge in [0.05, 0.1) is 19.8 Å². The molecule has 1 rings (SSSR count). The van der Waals surface area contributed by atoms with Crippen molar-refractivity contribution >= 4 is 15.9 Å². The Balaban J connectivity index is 2.47. The summed E-state index contributed by atoms with van der Waals surface area (Å²) < 4.78 is 16.8. The van der Waals surface area contributed by atoms with E-state index in [1.54, 1.807) is 14.2 Å². The molecule has 1 N–H and O–H groups in total. The second kappa shape index (κ2) is 12.1. The van der Waals surface area contributed by atoms with E-state index in [1.807, 2.05) is 6.07 Å². The summed E-state index contributed by atoms with van der Waals surface area (Å²) in [4.78, 5) is 0. The van der Waals surface area contributed by atoms with Gasteiger partial charge in [-0.1, -0.05) is 34.1 Å². The van der Waals surface area contributed by atoms with Crippen molar-refractivity contribution < 1.29 is 14.2 Å². The van der Waals surface area contributed by atoms with Gasteiger partial charge in [-0.3, -0.25) is 0 Å². The van der Waals surface area contributed by atoms with Crippen LogP contribution in [0, 0.1) is 0 Å². The van der Waals surface area contributed by atoms with Gasteiger partial charge in [-0.25, -0.2) is 0 Å². The minimum Gasteiger partial charge on any atom is -0.383 e. The maximum atomic E-state index is 5.60. The molecule has 1 aromatic carbocycles. The quantitative estimate of drug-likeness (QED) is 0.582. The molecular formula is C16H26BrNO3. The van der Waals surface area contributed by atoms with Gasteiger partial charge in [-0.05, 0) is 24.0 Å². The molecule has 0 aromatic heterocycles. The molecule has 1 aromatic rings. The fraction of sp³-hybridized carbons (Fsp3) is 0.625. The van der Waals surface area contributed by atoms with Crippen LogP contribution in [0.3, 0.4) is 0 Å². The molecular weight excluding hydrogens is 334 g/mol. The third-order valence-corrected chi connectivity index (χ3v) is 3.98. The average Bonchev–Trinajstić information content (AvgIpc) is 2.50. The lowest BCUT2D eigenvalue weighted by Gasteiger charge is -2.19. The molecule has 120 valence electrons. The Hall–Kier alpha value is -0.460. The highest BCUT2D eigenvalue weighted by molar-refractivity contribution is 9.10. The molecule has 0 aliphatic carbocycles. The molecule has 5 heteroatoms. The smallest absolute Gasteiger partial charge is 0.0700 e. The topological polar surface area (TPSA) is 39.7 Å². The van der Waals surface area contributed by atoms with Crippen LogP contribution in [0.25, 0.3) is 0 Å².